The maximum absolute atomic E-state index is 11.8. The Kier molecular flexibility index (Phi) is 3.26. The molecule has 0 aromatic heterocycles. The Bertz CT molecular complexity index is 536. The fraction of sp³-hybridized carbons (Fsp3) is 0.250. The van der Waals surface area contributed by atoms with Gasteiger partial charge in [-0.15, -0.1) is 0 Å². The lowest BCUT2D eigenvalue weighted by molar-refractivity contribution is -0.139. The van der Waals surface area contributed by atoms with Crippen LogP contribution in [-0.2, 0) is 9.59 Å². The van der Waals surface area contributed by atoms with E-state index in [1.807, 2.05) is 6.07 Å². The highest BCUT2D eigenvalue weighted by atomic mass is 16.4. The van der Waals surface area contributed by atoms with Gasteiger partial charge in [0.25, 0.3) is 0 Å². The molecule has 1 atom stereocenters. The molecule has 1 aliphatic rings. The van der Waals surface area contributed by atoms with Crippen LogP contribution >= 0.6 is 0 Å². The second-order valence-electron chi connectivity index (χ2n) is 3.91. The Morgan fingerprint density at radius 1 is 1.50 bits per heavy atom. The number of nitriles is 1. The zero-order valence-electron chi connectivity index (χ0n) is 9.46. The average Bonchev–Trinajstić information content (AvgIpc) is 2.39. The zero-order valence-corrected chi connectivity index (χ0v) is 9.46. The molecule has 18 heavy (non-hydrogen) atoms. The number of nitrogens with one attached hydrogen (secondary N) is 1. The summed E-state index contributed by atoms with van der Waals surface area (Å²) in [5, 5.41) is 20.6. The standard InChI is InChI=1S/C12H11N3O3/c13-5-8-3-1-2-4-10(8)15-7-9(12(17)18)14-6-11(15)16/h1-4,9,14H,6-7H2,(H,17,18). The van der Waals surface area contributed by atoms with Crippen molar-refractivity contribution in [1.82, 2.24) is 5.32 Å². The van der Waals surface area contributed by atoms with Crippen molar-refractivity contribution in [3.05, 3.63) is 29.8 Å². The molecule has 0 bridgehead atoms. The monoisotopic (exact) mass is 245 g/mol. The summed E-state index contributed by atoms with van der Waals surface area (Å²) < 4.78 is 0. The highest BCUT2D eigenvalue weighted by Crippen LogP contribution is 2.21. The molecular weight excluding hydrogens is 234 g/mol. The van der Waals surface area contributed by atoms with Gasteiger partial charge in [-0.05, 0) is 12.1 Å². The largest absolute Gasteiger partial charge is 0.480 e. The van der Waals surface area contributed by atoms with Crippen molar-refractivity contribution in [1.29, 1.82) is 5.26 Å². The Balaban J connectivity index is 2.33. The topological polar surface area (TPSA) is 93.4 Å². The molecule has 1 aromatic rings. The smallest absolute Gasteiger partial charge is 0.322 e. The van der Waals surface area contributed by atoms with Crippen molar-refractivity contribution in [2.75, 3.05) is 18.0 Å². The summed E-state index contributed by atoms with van der Waals surface area (Å²) in [6.07, 6.45) is 0. The van der Waals surface area contributed by atoms with E-state index in [0.717, 1.165) is 0 Å². The first-order chi connectivity index (χ1) is 8.63. The zero-order chi connectivity index (χ0) is 13.1. The number of carboxylic acids is 1. The summed E-state index contributed by atoms with van der Waals surface area (Å²) in [7, 11) is 0. The molecule has 6 heteroatoms. The molecule has 0 spiro atoms. The van der Waals surface area contributed by atoms with Gasteiger partial charge in [0.05, 0.1) is 24.3 Å². The lowest BCUT2D eigenvalue weighted by Crippen LogP contribution is -2.57. The third kappa shape index (κ3) is 2.17. The molecule has 0 saturated carbocycles. The number of hydrogen-bond acceptors (Lipinski definition) is 4. The Morgan fingerprint density at radius 2 is 2.22 bits per heavy atom. The van der Waals surface area contributed by atoms with Crippen LogP contribution in [0.25, 0.3) is 0 Å². The van der Waals surface area contributed by atoms with Crippen molar-refractivity contribution in [3.8, 4) is 6.07 Å². The van der Waals surface area contributed by atoms with Gasteiger partial charge in [0, 0.05) is 0 Å². The third-order valence-electron chi connectivity index (χ3n) is 2.78. The van der Waals surface area contributed by atoms with Gasteiger partial charge in [-0.25, -0.2) is 0 Å². The van der Waals surface area contributed by atoms with E-state index >= 15 is 0 Å². The van der Waals surface area contributed by atoms with Crippen molar-refractivity contribution >= 4 is 17.6 Å². The highest BCUT2D eigenvalue weighted by Gasteiger charge is 2.31. The number of para-hydroxylation sites is 1. The molecule has 1 unspecified atom stereocenters. The average molecular weight is 245 g/mol. The van der Waals surface area contributed by atoms with Crippen LogP contribution in [0.1, 0.15) is 5.56 Å². The third-order valence-corrected chi connectivity index (χ3v) is 2.78. The molecule has 1 fully saturated rings. The number of carbonyl (C=O) groups is 2. The molecule has 1 amide bonds. The Morgan fingerprint density at radius 3 is 2.89 bits per heavy atom. The lowest BCUT2D eigenvalue weighted by atomic mass is 10.1. The number of anilines is 1. The minimum Gasteiger partial charge on any atom is -0.480 e. The summed E-state index contributed by atoms with van der Waals surface area (Å²) >= 11 is 0. The summed E-state index contributed by atoms with van der Waals surface area (Å²) in [5.41, 5.74) is 0.814. The van der Waals surface area contributed by atoms with Crippen LogP contribution < -0.4 is 10.2 Å². The van der Waals surface area contributed by atoms with Crippen molar-refractivity contribution in [3.63, 3.8) is 0 Å². The number of benzene rings is 1. The molecule has 0 aliphatic carbocycles. The Hall–Kier alpha value is -2.39. The highest BCUT2D eigenvalue weighted by molar-refractivity contribution is 5.98. The maximum atomic E-state index is 11.8. The lowest BCUT2D eigenvalue weighted by Gasteiger charge is -2.31. The van der Waals surface area contributed by atoms with Gasteiger partial charge in [-0.2, -0.15) is 5.26 Å². The predicted molar refractivity (Wildman–Crippen MR) is 62.9 cm³/mol. The molecule has 92 valence electrons. The van der Waals surface area contributed by atoms with Crippen LogP contribution in [0.5, 0.6) is 0 Å². The predicted octanol–water partition coefficient (Wildman–Crippen LogP) is -0.0523. The van der Waals surface area contributed by atoms with Crippen LogP contribution in [0.3, 0.4) is 0 Å². The summed E-state index contributed by atoms with van der Waals surface area (Å²) in [4.78, 5) is 24.1. The molecule has 2 N–H and O–H groups in total. The fourth-order valence-corrected chi connectivity index (χ4v) is 1.86. The van der Waals surface area contributed by atoms with Gasteiger partial charge in [0.2, 0.25) is 5.91 Å². The van der Waals surface area contributed by atoms with E-state index in [1.165, 1.54) is 4.90 Å². The van der Waals surface area contributed by atoms with Crippen LogP contribution in [0.4, 0.5) is 5.69 Å². The van der Waals surface area contributed by atoms with Gasteiger partial charge in [-0.1, -0.05) is 12.1 Å². The van der Waals surface area contributed by atoms with Gasteiger partial charge >= 0.3 is 5.97 Å². The van der Waals surface area contributed by atoms with E-state index in [-0.39, 0.29) is 19.0 Å². The first kappa shape index (κ1) is 12.1. The van der Waals surface area contributed by atoms with E-state index in [0.29, 0.717) is 11.3 Å². The van der Waals surface area contributed by atoms with Gasteiger partial charge in [-0.3, -0.25) is 14.9 Å². The summed E-state index contributed by atoms with van der Waals surface area (Å²) in [5.74, 6) is -1.25. The van der Waals surface area contributed by atoms with Gasteiger partial charge in [0.1, 0.15) is 12.1 Å². The quantitative estimate of drug-likeness (QED) is 0.761. The number of nitrogens with zero attached hydrogens (tertiary/aromatic N) is 2. The SMILES string of the molecule is N#Cc1ccccc1N1CC(C(=O)O)NCC1=O. The minimum atomic E-state index is -1.01. The summed E-state index contributed by atoms with van der Waals surface area (Å²) in [6.45, 7) is -0.0242. The molecule has 0 radical (unpaired) electrons. The van der Waals surface area contributed by atoms with E-state index < -0.39 is 12.0 Å². The van der Waals surface area contributed by atoms with Crippen LogP contribution in [0.2, 0.25) is 0 Å². The normalized spacial score (nSPS) is 19.4. The van der Waals surface area contributed by atoms with Crippen molar-refractivity contribution < 1.29 is 14.7 Å². The molecule has 1 aliphatic heterocycles. The first-order valence-corrected chi connectivity index (χ1v) is 5.39. The number of aliphatic carboxylic acids is 1. The second-order valence-corrected chi connectivity index (χ2v) is 3.91. The maximum Gasteiger partial charge on any atom is 0.322 e. The van der Waals surface area contributed by atoms with E-state index in [4.69, 9.17) is 10.4 Å². The second kappa shape index (κ2) is 4.85. The van der Waals surface area contributed by atoms with Crippen molar-refractivity contribution in [2.24, 2.45) is 0 Å². The molecule has 1 heterocycles. The van der Waals surface area contributed by atoms with Crippen molar-refractivity contribution in [2.45, 2.75) is 6.04 Å². The van der Waals surface area contributed by atoms with E-state index in [2.05, 4.69) is 5.32 Å². The van der Waals surface area contributed by atoms with E-state index in [1.54, 1.807) is 24.3 Å². The number of rotatable bonds is 2. The van der Waals surface area contributed by atoms with Gasteiger partial charge < -0.3 is 10.0 Å². The minimum absolute atomic E-state index is 0.0207. The first-order valence-electron chi connectivity index (χ1n) is 5.39. The number of amides is 1. The Labute approximate surface area is 103 Å². The molecule has 1 saturated heterocycles. The molecule has 2 rings (SSSR count). The van der Waals surface area contributed by atoms with Crippen LogP contribution in [0.15, 0.2) is 24.3 Å². The van der Waals surface area contributed by atoms with E-state index in [9.17, 15) is 9.59 Å². The van der Waals surface area contributed by atoms with Crippen LogP contribution in [0, 0.1) is 11.3 Å². The molecular formula is C12H11N3O3. The number of piperazine rings is 1. The molecule has 1 aromatic carbocycles. The number of carboxylic acid groups (broad SMARTS) is 1. The number of hydrogen-bond donors (Lipinski definition) is 2. The molecule has 6 nitrogen and oxygen atoms in total. The number of carbonyl (C=O) groups excluding carboxylic acids is 1. The van der Waals surface area contributed by atoms with Gasteiger partial charge in [0.15, 0.2) is 0 Å². The summed E-state index contributed by atoms with van der Waals surface area (Å²) in [6, 6.07) is 7.83. The fourth-order valence-electron chi connectivity index (χ4n) is 1.86. The van der Waals surface area contributed by atoms with Crippen LogP contribution in [-0.4, -0.2) is 36.1 Å².